The highest BCUT2D eigenvalue weighted by atomic mass is 16.6. The number of unbranched alkanes of at least 4 members (excludes halogenated alkanes) is 40. The van der Waals surface area contributed by atoms with E-state index < -0.39 is 6.10 Å². The van der Waals surface area contributed by atoms with Gasteiger partial charge in [-0.15, -0.1) is 0 Å². The highest BCUT2D eigenvalue weighted by molar-refractivity contribution is 5.70. The molecule has 462 valence electrons. The average molecular weight is 1110 g/mol. The summed E-state index contributed by atoms with van der Waals surface area (Å²) in [6.07, 6.45) is 100. The van der Waals surface area contributed by atoms with E-state index in [1.807, 2.05) is 0 Å². The van der Waals surface area contributed by atoms with E-state index in [4.69, 9.17) is 9.47 Å². The molecule has 0 aliphatic rings. The third kappa shape index (κ3) is 67.3. The normalized spacial score (nSPS) is 12.8. The average Bonchev–Trinajstić information content (AvgIpc) is 3.46. The standard InChI is InChI=1S/C75H132O5/c1-3-5-7-9-11-13-15-17-19-21-23-25-27-29-31-32-33-34-35-36-37-38-39-40-41-42-44-45-47-49-51-53-55-57-59-61-63-65-67-69-74(77)79-72-73(71-76)80-75(78)70-68-66-64-62-60-58-56-54-52-50-48-46-43-30-28-26-24-22-20-18-16-14-12-10-8-6-4-2/h6,8,12,14,18,20-21,23-24,26,30,43,48,50,54,56,73,76H,3-5,7,9-11,13,15-17,19,22,25,27-29,31-42,44-47,49,51-53,55,57-72H2,1-2H3/b8-6-,14-12-,20-18-,23-21-,26-24-,43-30-,50-48-,56-54-. The fraction of sp³-hybridized carbons (Fsp3) is 0.760. The zero-order valence-corrected chi connectivity index (χ0v) is 53.1. The maximum atomic E-state index is 12.3. The van der Waals surface area contributed by atoms with Crippen molar-refractivity contribution < 1.29 is 24.2 Å². The molecule has 0 radical (unpaired) electrons. The molecule has 0 rings (SSSR count). The minimum absolute atomic E-state index is 0.0759. The second-order valence-electron chi connectivity index (χ2n) is 23.2. The van der Waals surface area contributed by atoms with E-state index in [2.05, 4.69) is 111 Å². The Morgan fingerprint density at radius 2 is 0.537 bits per heavy atom. The summed E-state index contributed by atoms with van der Waals surface area (Å²) >= 11 is 0. The predicted molar refractivity (Wildman–Crippen MR) is 352 cm³/mol. The van der Waals surface area contributed by atoms with Gasteiger partial charge < -0.3 is 14.6 Å². The summed E-state index contributed by atoms with van der Waals surface area (Å²) in [5.41, 5.74) is 0. The van der Waals surface area contributed by atoms with Crippen molar-refractivity contribution in [3.05, 3.63) is 97.2 Å². The molecule has 0 amide bonds. The minimum atomic E-state index is -0.789. The number of esters is 2. The first kappa shape index (κ1) is 76.8. The number of ether oxygens (including phenoxy) is 2. The lowest BCUT2D eigenvalue weighted by molar-refractivity contribution is -0.161. The van der Waals surface area contributed by atoms with Gasteiger partial charge in [-0.05, 0) is 96.3 Å². The number of hydrogen-bond acceptors (Lipinski definition) is 5. The Balaban J connectivity index is 3.45. The quantitative estimate of drug-likeness (QED) is 0.0373. The number of rotatable bonds is 64. The van der Waals surface area contributed by atoms with Gasteiger partial charge in [0.15, 0.2) is 6.10 Å². The molecule has 0 aliphatic carbocycles. The highest BCUT2D eigenvalue weighted by Gasteiger charge is 2.16. The van der Waals surface area contributed by atoms with E-state index in [1.165, 1.54) is 218 Å². The van der Waals surface area contributed by atoms with Gasteiger partial charge in [-0.3, -0.25) is 9.59 Å². The van der Waals surface area contributed by atoms with Gasteiger partial charge >= 0.3 is 11.9 Å². The number of hydrogen-bond donors (Lipinski definition) is 1. The molecule has 1 unspecified atom stereocenters. The molecule has 0 aromatic carbocycles. The lowest BCUT2D eigenvalue weighted by Crippen LogP contribution is -2.28. The van der Waals surface area contributed by atoms with E-state index in [0.717, 1.165) is 103 Å². The number of carbonyl (C=O) groups excluding carboxylic acids is 2. The van der Waals surface area contributed by atoms with Crippen LogP contribution in [0.3, 0.4) is 0 Å². The molecule has 0 fully saturated rings. The summed E-state index contributed by atoms with van der Waals surface area (Å²) in [7, 11) is 0. The van der Waals surface area contributed by atoms with Gasteiger partial charge in [-0.25, -0.2) is 0 Å². The molecule has 0 aromatic heterocycles. The Morgan fingerprint density at radius 3 is 0.825 bits per heavy atom. The topological polar surface area (TPSA) is 72.8 Å². The highest BCUT2D eigenvalue weighted by Crippen LogP contribution is 2.18. The van der Waals surface area contributed by atoms with Crippen molar-refractivity contribution in [2.24, 2.45) is 0 Å². The van der Waals surface area contributed by atoms with E-state index in [9.17, 15) is 14.7 Å². The lowest BCUT2D eigenvalue weighted by Gasteiger charge is -2.15. The van der Waals surface area contributed by atoms with Crippen LogP contribution >= 0.6 is 0 Å². The fourth-order valence-corrected chi connectivity index (χ4v) is 10.2. The van der Waals surface area contributed by atoms with Crippen LogP contribution in [-0.4, -0.2) is 36.4 Å². The zero-order chi connectivity index (χ0) is 57.6. The Kier molecular flexibility index (Phi) is 67.3. The zero-order valence-electron chi connectivity index (χ0n) is 53.1. The predicted octanol–water partition coefficient (Wildman–Crippen LogP) is 24.2. The van der Waals surface area contributed by atoms with Gasteiger partial charge in [0.25, 0.3) is 0 Å². The molecule has 0 heterocycles. The van der Waals surface area contributed by atoms with Gasteiger partial charge in [0.2, 0.25) is 0 Å². The third-order valence-corrected chi connectivity index (χ3v) is 15.4. The Morgan fingerprint density at radius 1 is 0.300 bits per heavy atom. The molecule has 0 aromatic rings. The monoisotopic (exact) mass is 1110 g/mol. The van der Waals surface area contributed by atoms with Crippen molar-refractivity contribution in [2.45, 2.75) is 354 Å². The van der Waals surface area contributed by atoms with Crippen LogP contribution in [0.2, 0.25) is 0 Å². The van der Waals surface area contributed by atoms with E-state index >= 15 is 0 Å². The largest absolute Gasteiger partial charge is 0.462 e. The molecule has 0 bridgehead atoms. The minimum Gasteiger partial charge on any atom is -0.462 e. The number of carbonyl (C=O) groups is 2. The Hall–Kier alpha value is -3.18. The third-order valence-electron chi connectivity index (χ3n) is 15.4. The molecule has 0 spiro atoms. The summed E-state index contributed by atoms with van der Waals surface area (Å²) in [5, 5.41) is 9.69. The van der Waals surface area contributed by atoms with Crippen LogP contribution in [0.5, 0.6) is 0 Å². The summed E-state index contributed by atoms with van der Waals surface area (Å²) in [6, 6.07) is 0. The Labute approximate surface area is 498 Å². The first-order chi connectivity index (χ1) is 39.6. The molecule has 5 heteroatoms. The summed E-state index contributed by atoms with van der Waals surface area (Å²) in [6.45, 7) is 4.04. The van der Waals surface area contributed by atoms with Crippen LogP contribution in [0.25, 0.3) is 0 Å². The molecular weight excluding hydrogens is 981 g/mol. The second kappa shape index (κ2) is 70.1. The van der Waals surface area contributed by atoms with E-state index in [-0.39, 0.29) is 25.2 Å². The van der Waals surface area contributed by atoms with Gasteiger partial charge in [0.1, 0.15) is 6.61 Å². The van der Waals surface area contributed by atoms with Gasteiger partial charge in [0, 0.05) is 12.8 Å². The van der Waals surface area contributed by atoms with Crippen molar-refractivity contribution in [1.82, 2.24) is 0 Å². The first-order valence-electron chi connectivity index (χ1n) is 34.8. The first-order valence-corrected chi connectivity index (χ1v) is 34.8. The molecule has 0 aliphatic heterocycles. The van der Waals surface area contributed by atoms with Crippen LogP contribution in [0.4, 0.5) is 0 Å². The molecule has 5 nitrogen and oxygen atoms in total. The van der Waals surface area contributed by atoms with Crippen molar-refractivity contribution in [1.29, 1.82) is 0 Å². The summed E-state index contributed by atoms with van der Waals surface area (Å²) in [4.78, 5) is 24.6. The second-order valence-corrected chi connectivity index (χ2v) is 23.2. The maximum Gasteiger partial charge on any atom is 0.306 e. The summed E-state index contributed by atoms with van der Waals surface area (Å²) < 4.78 is 10.7. The van der Waals surface area contributed by atoms with Crippen LogP contribution in [0.15, 0.2) is 97.2 Å². The smallest absolute Gasteiger partial charge is 0.306 e. The fourth-order valence-electron chi connectivity index (χ4n) is 10.2. The van der Waals surface area contributed by atoms with E-state index in [1.54, 1.807) is 0 Å². The van der Waals surface area contributed by atoms with Crippen LogP contribution < -0.4 is 0 Å². The Bertz CT molecular complexity index is 1500. The van der Waals surface area contributed by atoms with Crippen molar-refractivity contribution in [3.8, 4) is 0 Å². The lowest BCUT2D eigenvalue weighted by atomic mass is 10.0. The SMILES string of the molecule is CC/C=C\C/C=C\C/C=C\C/C=C\C/C=C\C/C=C\C/C=C\CCCCCCCC(=O)OC(CO)COC(=O)CCCCCCCCCCCCCCCCCCCCCCCCCCCCC/C=C\CCCCCCCCCC. The molecular formula is C75H132O5. The number of allylic oxidation sites excluding steroid dienone is 16. The number of aliphatic hydroxyl groups is 1. The van der Waals surface area contributed by atoms with Crippen molar-refractivity contribution in [3.63, 3.8) is 0 Å². The molecule has 0 saturated carbocycles. The van der Waals surface area contributed by atoms with Gasteiger partial charge in [0.05, 0.1) is 6.61 Å². The molecule has 80 heavy (non-hydrogen) atoms. The van der Waals surface area contributed by atoms with Gasteiger partial charge in [-0.1, -0.05) is 336 Å². The van der Waals surface area contributed by atoms with Crippen LogP contribution in [-0.2, 0) is 19.1 Å². The van der Waals surface area contributed by atoms with Crippen molar-refractivity contribution >= 4 is 11.9 Å². The summed E-state index contributed by atoms with van der Waals surface area (Å²) in [5.74, 6) is -0.604. The van der Waals surface area contributed by atoms with Crippen LogP contribution in [0, 0.1) is 0 Å². The molecule has 0 saturated heterocycles. The van der Waals surface area contributed by atoms with E-state index in [0.29, 0.717) is 12.8 Å². The molecule has 1 N–H and O–H groups in total. The maximum absolute atomic E-state index is 12.3. The van der Waals surface area contributed by atoms with Crippen LogP contribution in [0.1, 0.15) is 348 Å². The van der Waals surface area contributed by atoms with Gasteiger partial charge in [-0.2, -0.15) is 0 Å². The number of aliphatic hydroxyl groups excluding tert-OH is 1. The molecule has 1 atom stereocenters. The van der Waals surface area contributed by atoms with Crippen molar-refractivity contribution in [2.75, 3.05) is 13.2 Å².